The molecule has 0 bridgehead atoms. The zero-order chi connectivity index (χ0) is 8.69. The summed E-state index contributed by atoms with van der Waals surface area (Å²) in [4.78, 5) is 20.4. The summed E-state index contributed by atoms with van der Waals surface area (Å²) in [6.45, 7) is 0.239. The molecule has 0 radical (unpaired) electrons. The van der Waals surface area contributed by atoms with Crippen LogP contribution in [0.1, 0.15) is 0 Å². The molecule has 62 valence electrons. The third-order valence-electron chi connectivity index (χ3n) is 0.683. The Bertz CT molecular complexity index is 175. The lowest BCUT2D eigenvalue weighted by molar-refractivity contribution is -0.138. The summed E-state index contributed by atoms with van der Waals surface area (Å²) in [5.74, 6) is -1.81. The first-order valence-corrected chi connectivity index (χ1v) is 3.92. The summed E-state index contributed by atoms with van der Waals surface area (Å²) in [6.07, 6.45) is 1.60. The second-order valence-electron chi connectivity index (χ2n) is 1.53. The van der Waals surface area contributed by atoms with Crippen LogP contribution in [0.25, 0.3) is 0 Å². The van der Waals surface area contributed by atoms with E-state index in [1.165, 1.54) is 0 Å². The molecule has 0 saturated heterocycles. The van der Waals surface area contributed by atoms with Gasteiger partial charge in [0.05, 0.1) is 0 Å². The van der Waals surface area contributed by atoms with E-state index in [0.29, 0.717) is 5.33 Å². The third kappa shape index (κ3) is 7.05. The van der Waals surface area contributed by atoms with Crippen LogP contribution in [-0.4, -0.2) is 29.0 Å². The number of esters is 1. The minimum atomic E-state index is -1.17. The maximum Gasteiger partial charge on any atom is 0.331 e. The van der Waals surface area contributed by atoms with E-state index in [1.807, 2.05) is 0 Å². The highest BCUT2D eigenvalue weighted by molar-refractivity contribution is 9.09. The van der Waals surface area contributed by atoms with E-state index in [0.717, 1.165) is 12.2 Å². The molecule has 0 rings (SSSR count). The molecule has 4 nitrogen and oxygen atoms in total. The molecule has 0 amide bonds. The predicted octanol–water partition coefficient (Wildman–Crippen LogP) is 0.565. The van der Waals surface area contributed by atoms with Crippen molar-refractivity contribution < 1.29 is 19.4 Å². The van der Waals surface area contributed by atoms with Crippen molar-refractivity contribution in [2.24, 2.45) is 0 Å². The molecular formula is C6H7BrO4. The molecule has 5 heteroatoms. The Hall–Kier alpha value is -0.840. The van der Waals surface area contributed by atoms with Gasteiger partial charge in [0.2, 0.25) is 0 Å². The quantitative estimate of drug-likeness (QED) is 0.429. The number of carboxylic acid groups (broad SMARTS) is 1. The molecule has 0 unspecified atom stereocenters. The number of carbonyl (C=O) groups excluding carboxylic acids is 1. The molecular weight excluding hydrogens is 216 g/mol. The normalized spacial score (nSPS) is 9.91. The van der Waals surface area contributed by atoms with Crippen LogP contribution in [-0.2, 0) is 14.3 Å². The Labute approximate surface area is 72.0 Å². The Balaban J connectivity index is 3.60. The average Bonchev–Trinajstić information content (AvgIpc) is 1.97. The highest BCUT2D eigenvalue weighted by atomic mass is 79.9. The van der Waals surface area contributed by atoms with E-state index in [4.69, 9.17) is 5.11 Å². The minimum Gasteiger partial charge on any atom is -0.478 e. The SMILES string of the molecule is O=C(O)C=CC(=O)OCCBr. The largest absolute Gasteiger partial charge is 0.478 e. The van der Waals surface area contributed by atoms with E-state index < -0.39 is 11.9 Å². The molecule has 0 aromatic heterocycles. The highest BCUT2D eigenvalue weighted by Gasteiger charge is 1.95. The van der Waals surface area contributed by atoms with Gasteiger partial charge in [-0.3, -0.25) is 0 Å². The fraction of sp³-hybridized carbons (Fsp3) is 0.333. The van der Waals surface area contributed by atoms with Gasteiger partial charge in [0.1, 0.15) is 6.61 Å². The number of rotatable bonds is 4. The summed E-state index contributed by atoms with van der Waals surface area (Å²) in [6, 6.07) is 0. The zero-order valence-corrected chi connectivity index (χ0v) is 7.20. The Morgan fingerprint density at radius 1 is 1.45 bits per heavy atom. The zero-order valence-electron chi connectivity index (χ0n) is 5.62. The first-order valence-electron chi connectivity index (χ1n) is 2.80. The number of hydrogen-bond acceptors (Lipinski definition) is 3. The van der Waals surface area contributed by atoms with Crippen molar-refractivity contribution in [3.8, 4) is 0 Å². The lowest BCUT2D eigenvalue weighted by Gasteiger charge is -1.94. The number of aliphatic carboxylic acids is 1. The van der Waals surface area contributed by atoms with Gasteiger partial charge in [0.15, 0.2) is 0 Å². The highest BCUT2D eigenvalue weighted by Crippen LogP contribution is 1.85. The molecule has 0 aromatic carbocycles. The second-order valence-corrected chi connectivity index (χ2v) is 2.32. The van der Waals surface area contributed by atoms with Crippen molar-refractivity contribution in [3.63, 3.8) is 0 Å². The van der Waals surface area contributed by atoms with Crippen LogP contribution < -0.4 is 0 Å². The lowest BCUT2D eigenvalue weighted by atomic mass is 10.5. The summed E-state index contributed by atoms with van der Waals surface area (Å²) >= 11 is 3.04. The maximum atomic E-state index is 10.5. The molecule has 0 fully saturated rings. The van der Waals surface area contributed by atoms with Gasteiger partial charge in [-0.1, -0.05) is 15.9 Å². The van der Waals surface area contributed by atoms with Crippen LogP contribution in [0.2, 0.25) is 0 Å². The van der Waals surface area contributed by atoms with E-state index in [-0.39, 0.29) is 6.61 Å². The summed E-state index contributed by atoms with van der Waals surface area (Å²) in [5, 5.41) is 8.63. The van der Waals surface area contributed by atoms with Gasteiger partial charge in [-0.05, 0) is 0 Å². The van der Waals surface area contributed by atoms with Crippen LogP contribution in [0.15, 0.2) is 12.2 Å². The number of carboxylic acids is 1. The summed E-state index contributed by atoms with van der Waals surface area (Å²) < 4.78 is 4.51. The van der Waals surface area contributed by atoms with Crippen LogP contribution in [0.4, 0.5) is 0 Å². The Kier molecular flexibility index (Phi) is 5.46. The molecule has 0 aliphatic rings. The summed E-state index contributed by atoms with van der Waals surface area (Å²) in [5.41, 5.74) is 0. The van der Waals surface area contributed by atoms with Gasteiger partial charge in [-0.2, -0.15) is 0 Å². The lowest BCUT2D eigenvalue weighted by Crippen LogP contribution is -2.03. The standard InChI is InChI=1S/C6H7BrO4/c7-3-4-11-6(10)2-1-5(8)9/h1-2H,3-4H2,(H,8,9). The molecule has 0 aliphatic heterocycles. The molecule has 0 heterocycles. The van der Waals surface area contributed by atoms with Crippen molar-refractivity contribution in [2.45, 2.75) is 0 Å². The maximum absolute atomic E-state index is 10.5. The fourth-order valence-electron chi connectivity index (χ4n) is 0.327. The van der Waals surface area contributed by atoms with E-state index in [9.17, 15) is 9.59 Å². The topological polar surface area (TPSA) is 63.6 Å². The average molecular weight is 223 g/mol. The van der Waals surface area contributed by atoms with Crippen LogP contribution in [0.5, 0.6) is 0 Å². The van der Waals surface area contributed by atoms with Gasteiger partial charge in [-0.15, -0.1) is 0 Å². The molecule has 0 aliphatic carbocycles. The van der Waals surface area contributed by atoms with E-state index in [1.54, 1.807) is 0 Å². The first-order chi connectivity index (χ1) is 5.16. The third-order valence-corrected chi connectivity index (χ3v) is 1.01. The van der Waals surface area contributed by atoms with E-state index >= 15 is 0 Å². The van der Waals surface area contributed by atoms with Gasteiger partial charge < -0.3 is 9.84 Å². The number of alkyl halides is 1. The van der Waals surface area contributed by atoms with Gasteiger partial charge in [-0.25, -0.2) is 9.59 Å². The van der Waals surface area contributed by atoms with Crippen LogP contribution in [0.3, 0.4) is 0 Å². The molecule has 0 spiro atoms. The first kappa shape index (κ1) is 10.2. The molecule has 0 saturated carbocycles. The number of carbonyl (C=O) groups is 2. The van der Waals surface area contributed by atoms with Crippen LogP contribution in [0, 0.1) is 0 Å². The molecule has 11 heavy (non-hydrogen) atoms. The van der Waals surface area contributed by atoms with Crippen molar-refractivity contribution >= 4 is 27.9 Å². The minimum absolute atomic E-state index is 0.239. The molecule has 0 atom stereocenters. The Morgan fingerprint density at radius 2 is 2.09 bits per heavy atom. The van der Waals surface area contributed by atoms with Crippen molar-refractivity contribution in [1.82, 2.24) is 0 Å². The van der Waals surface area contributed by atoms with Crippen molar-refractivity contribution in [3.05, 3.63) is 12.2 Å². The van der Waals surface area contributed by atoms with E-state index in [2.05, 4.69) is 20.7 Å². The van der Waals surface area contributed by atoms with Gasteiger partial charge in [0, 0.05) is 17.5 Å². The predicted molar refractivity (Wildman–Crippen MR) is 41.5 cm³/mol. The summed E-state index contributed by atoms with van der Waals surface area (Å²) in [7, 11) is 0. The molecule has 0 aromatic rings. The Morgan fingerprint density at radius 3 is 2.55 bits per heavy atom. The second kappa shape index (κ2) is 5.91. The van der Waals surface area contributed by atoms with Gasteiger partial charge in [0.25, 0.3) is 0 Å². The molecule has 1 N–H and O–H groups in total. The van der Waals surface area contributed by atoms with Crippen molar-refractivity contribution in [1.29, 1.82) is 0 Å². The van der Waals surface area contributed by atoms with Gasteiger partial charge >= 0.3 is 11.9 Å². The van der Waals surface area contributed by atoms with Crippen molar-refractivity contribution in [2.75, 3.05) is 11.9 Å². The smallest absolute Gasteiger partial charge is 0.331 e. The number of halogens is 1. The monoisotopic (exact) mass is 222 g/mol. The fourth-order valence-corrected chi connectivity index (χ4v) is 0.488. The number of ether oxygens (including phenoxy) is 1. The number of hydrogen-bond donors (Lipinski definition) is 1. The van der Waals surface area contributed by atoms with Crippen LogP contribution >= 0.6 is 15.9 Å².